The molecule has 0 heterocycles. The van der Waals surface area contributed by atoms with Crippen LogP contribution >= 0.6 is 0 Å². The molecule has 0 bridgehead atoms. The third-order valence-corrected chi connectivity index (χ3v) is 18.4. The van der Waals surface area contributed by atoms with Crippen molar-refractivity contribution in [3.63, 3.8) is 0 Å². The van der Waals surface area contributed by atoms with Crippen molar-refractivity contribution in [1.29, 1.82) is 0 Å². The molecule has 0 aliphatic carbocycles. The molecule has 0 aromatic carbocycles. The number of aliphatic hydroxyl groups is 2. The van der Waals surface area contributed by atoms with Crippen molar-refractivity contribution in [2.24, 2.45) is 0 Å². The van der Waals surface area contributed by atoms with Gasteiger partial charge in [0.2, 0.25) is 5.91 Å². The summed E-state index contributed by atoms with van der Waals surface area (Å²) in [6, 6.07) is -0.544. The van der Waals surface area contributed by atoms with E-state index in [9.17, 15) is 19.8 Å². The Balaban J connectivity index is 3.40. The second kappa shape index (κ2) is 75.5. The monoisotopic (exact) mass is 1210 g/mol. The van der Waals surface area contributed by atoms with Crippen molar-refractivity contribution in [3.8, 4) is 0 Å². The Bertz CT molecular complexity index is 1390. The van der Waals surface area contributed by atoms with Crippen molar-refractivity contribution in [1.82, 2.24) is 5.32 Å². The van der Waals surface area contributed by atoms with Gasteiger partial charge in [-0.1, -0.05) is 378 Å². The maximum Gasteiger partial charge on any atom is 0.305 e. The average Bonchev–Trinajstić information content (AvgIpc) is 3.54. The Hall–Kier alpha value is -1.92. The number of ether oxygens (including phenoxy) is 1. The van der Waals surface area contributed by atoms with Gasteiger partial charge in [-0.2, -0.15) is 0 Å². The molecule has 1 amide bonds. The molecule has 0 aromatic heterocycles. The molecule has 0 aliphatic heterocycles. The number of esters is 1. The Labute approximate surface area is 538 Å². The predicted octanol–water partition coefficient (Wildman–Crippen LogP) is 25.8. The maximum absolute atomic E-state index is 12.6. The van der Waals surface area contributed by atoms with Gasteiger partial charge >= 0.3 is 5.97 Å². The van der Waals surface area contributed by atoms with Crippen molar-refractivity contribution in [2.75, 3.05) is 13.2 Å². The summed E-state index contributed by atoms with van der Waals surface area (Å²) in [4.78, 5) is 24.7. The first-order chi connectivity index (χ1) is 42.5. The number of unbranched alkanes of at least 4 members (excludes halogenated alkanes) is 57. The van der Waals surface area contributed by atoms with E-state index in [-0.39, 0.29) is 18.5 Å². The van der Waals surface area contributed by atoms with E-state index in [4.69, 9.17) is 4.74 Å². The molecular weight excluding hydrogens is 1050 g/mol. The SMILES string of the molecule is CCCCCCCC/C=C\CCCCCCCCCC(=O)OCCCCCCCCCCC/C=C\C/C=C\CCCCCCCCCCCCCCCC(=O)NC(CO)C(O)CCCCCCCCCCCCCCCCCCCCCCCCC. The van der Waals surface area contributed by atoms with Gasteiger partial charge in [0.05, 0.1) is 25.4 Å². The van der Waals surface area contributed by atoms with Crippen molar-refractivity contribution in [2.45, 2.75) is 450 Å². The largest absolute Gasteiger partial charge is 0.466 e. The molecule has 0 rings (SSSR count). The fourth-order valence-corrected chi connectivity index (χ4v) is 12.4. The quantitative estimate of drug-likeness (QED) is 0.0320. The van der Waals surface area contributed by atoms with Gasteiger partial charge in [-0.05, 0) is 83.5 Å². The second-order valence-corrected chi connectivity index (χ2v) is 27.0. The summed E-state index contributed by atoms with van der Waals surface area (Å²) in [5.74, 6) is -0.0215. The second-order valence-electron chi connectivity index (χ2n) is 27.0. The average molecular weight is 1210 g/mol. The van der Waals surface area contributed by atoms with Gasteiger partial charge in [0, 0.05) is 12.8 Å². The fraction of sp³-hybridized carbons (Fsp3) is 0.900. The van der Waals surface area contributed by atoms with Crippen molar-refractivity contribution < 1.29 is 24.5 Å². The highest BCUT2D eigenvalue weighted by Crippen LogP contribution is 2.19. The highest BCUT2D eigenvalue weighted by Gasteiger charge is 2.20. The minimum Gasteiger partial charge on any atom is -0.466 e. The first-order valence-electron chi connectivity index (χ1n) is 39.2. The first kappa shape index (κ1) is 84.1. The van der Waals surface area contributed by atoms with Gasteiger partial charge in [0.25, 0.3) is 0 Å². The van der Waals surface area contributed by atoms with Crippen LogP contribution in [-0.4, -0.2) is 47.4 Å². The fourth-order valence-electron chi connectivity index (χ4n) is 12.4. The first-order valence-corrected chi connectivity index (χ1v) is 39.2. The van der Waals surface area contributed by atoms with E-state index in [0.717, 1.165) is 51.4 Å². The minimum absolute atomic E-state index is 0.00954. The topological polar surface area (TPSA) is 95.9 Å². The smallest absolute Gasteiger partial charge is 0.305 e. The van der Waals surface area contributed by atoms with E-state index in [1.165, 1.54) is 353 Å². The Morgan fingerprint density at radius 3 is 0.895 bits per heavy atom. The molecule has 86 heavy (non-hydrogen) atoms. The van der Waals surface area contributed by atoms with Gasteiger partial charge in [-0.15, -0.1) is 0 Å². The Morgan fingerprint density at radius 2 is 0.581 bits per heavy atom. The van der Waals surface area contributed by atoms with Crippen LogP contribution in [0.2, 0.25) is 0 Å². The lowest BCUT2D eigenvalue weighted by molar-refractivity contribution is -0.143. The van der Waals surface area contributed by atoms with Gasteiger partial charge in [-0.3, -0.25) is 9.59 Å². The van der Waals surface area contributed by atoms with Gasteiger partial charge < -0.3 is 20.3 Å². The van der Waals surface area contributed by atoms with Crippen LogP contribution in [0.3, 0.4) is 0 Å². The number of rotatable bonds is 74. The molecule has 0 fully saturated rings. The summed E-state index contributed by atoms with van der Waals surface area (Å²) >= 11 is 0. The summed E-state index contributed by atoms with van der Waals surface area (Å²) in [7, 11) is 0. The highest BCUT2D eigenvalue weighted by atomic mass is 16.5. The number of aliphatic hydroxyl groups excluding tert-OH is 2. The standard InChI is InChI=1S/C80H153NO5/c1-3-5-7-9-11-13-15-17-19-21-22-23-31-34-37-41-44-48-52-56-60-64-68-72-78(83)77(76-82)81-79(84)73-69-65-61-57-53-49-45-42-38-35-32-29-27-25-24-26-28-30-33-36-39-43-47-51-55-59-63-67-71-75-86-80(85)74-70-66-62-58-54-50-46-40-20-18-16-14-12-10-8-6-4-2/h18,20,24,26,30,33,77-78,82-83H,3-17,19,21-23,25,27-29,31-32,34-76H2,1-2H3,(H,81,84)/b20-18-,26-24-,33-30-. The number of amides is 1. The molecule has 2 unspecified atom stereocenters. The molecule has 6 nitrogen and oxygen atoms in total. The van der Waals surface area contributed by atoms with Crippen LogP contribution in [0.4, 0.5) is 0 Å². The molecule has 3 N–H and O–H groups in total. The van der Waals surface area contributed by atoms with Crippen LogP contribution in [0.15, 0.2) is 36.5 Å². The number of hydrogen-bond donors (Lipinski definition) is 3. The van der Waals surface area contributed by atoms with E-state index in [1.54, 1.807) is 0 Å². The number of carbonyl (C=O) groups excluding carboxylic acids is 2. The van der Waals surface area contributed by atoms with E-state index >= 15 is 0 Å². The van der Waals surface area contributed by atoms with E-state index in [0.29, 0.717) is 25.9 Å². The lowest BCUT2D eigenvalue weighted by Crippen LogP contribution is -2.45. The van der Waals surface area contributed by atoms with Crippen LogP contribution < -0.4 is 5.32 Å². The number of allylic oxidation sites excluding steroid dienone is 6. The lowest BCUT2D eigenvalue weighted by atomic mass is 10.0. The molecule has 0 saturated carbocycles. The molecule has 0 aromatic rings. The van der Waals surface area contributed by atoms with E-state index < -0.39 is 12.1 Å². The van der Waals surface area contributed by atoms with E-state index in [2.05, 4.69) is 55.6 Å². The number of nitrogens with one attached hydrogen (secondary N) is 1. The van der Waals surface area contributed by atoms with Crippen molar-refractivity contribution in [3.05, 3.63) is 36.5 Å². The Kier molecular flexibility index (Phi) is 73.9. The van der Waals surface area contributed by atoms with Crippen molar-refractivity contribution >= 4 is 11.9 Å². The zero-order valence-corrected chi connectivity index (χ0v) is 58.3. The molecule has 0 aliphatic rings. The van der Waals surface area contributed by atoms with Crippen LogP contribution in [-0.2, 0) is 14.3 Å². The van der Waals surface area contributed by atoms with Gasteiger partial charge in [-0.25, -0.2) is 0 Å². The van der Waals surface area contributed by atoms with E-state index in [1.807, 2.05) is 0 Å². The normalized spacial score (nSPS) is 12.7. The summed E-state index contributed by atoms with van der Waals surface area (Å²) in [5.41, 5.74) is 0. The molecular formula is C80H153NO5. The Morgan fingerprint density at radius 1 is 0.326 bits per heavy atom. The number of hydrogen-bond acceptors (Lipinski definition) is 5. The summed E-state index contributed by atoms with van der Waals surface area (Å²) in [6.07, 6.45) is 97.9. The zero-order valence-electron chi connectivity index (χ0n) is 58.3. The molecule has 2 atom stereocenters. The summed E-state index contributed by atoms with van der Waals surface area (Å²) in [6.45, 7) is 4.99. The molecule has 0 spiro atoms. The highest BCUT2D eigenvalue weighted by molar-refractivity contribution is 5.76. The van der Waals surface area contributed by atoms with Gasteiger partial charge in [0.1, 0.15) is 0 Å². The van der Waals surface area contributed by atoms with Crippen LogP contribution in [0.5, 0.6) is 0 Å². The molecule has 6 heteroatoms. The zero-order chi connectivity index (χ0) is 62.0. The number of carbonyl (C=O) groups is 2. The predicted molar refractivity (Wildman–Crippen MR) is 379 cm³/mol. The minimum atomic E-state index is -0.667. The van der Waals surface area contributed by atoms with Gasteiger partial charge in [0.15, 0.2) is 0 Å². The third kappa shape index (κ3) is 71.2. The molecule has 0 saturated heterocycles. The van der Waals surface area contributed by atoms with Crippen LogP contribution in [0.1, 0.15) is 438 Å². The van der Waals surface area contributed by atoms with Crippen LogP contribution in [0.25, 0.3) is 0 Å². The summed E-state index contributed by atoms with van der Waals surface area (Å²) < 4.78 is 5.50. The maximum atomic E-state index is 12.6. The lowest BCUT2D eigenvalue weighted by Gasteiger charge is -2.22. The third-order valence-electron chi connectivity index (χ3n) is 18.4. The molecule has 0 radical (unpaired) electrons. The van der Waals surface area contributed by atoms with Crippen LogP contribution in [0, 0.1) is 0 Å². The molecule has 508 valence electrons. The summed E-state index contributed by atoms with van der Waals surface area (Å²) in [5, 5.41) is 23.5.